The first-order valence-corrected chi connectivity index (χ1v) is 8.05. The van der Waals surface area contributed by atoms with Crippen LogP contribution in [0.15, 0.2) is 56.8 Å². The third-order valence-corrected chi connectivity index (χ3v) is 5.00. The Morgan fingerprint density at radius 2 is 1.30 bits per heavy atom. The van der Waals surface area contributed by atoms with E-state index >= 15 is 0 Å². The molecule has 2 aliphatic rings. The second kappa shape index (κ2) is 5.87. The van der Waals surface area contributed by atoms with Crippen LogP contribution in [-0.2, 0) is 0 Å². The quantitative estimate of drug-likeness (QED) is 0.891. The summed E-state index contributed by atoms with van der Waals surface area (Å²) in [5.41, 5.74) is 1.91. The Bertz CT molecular complexity index is 646. The van der Waals surface area contributed by atoms with Gasteiger partial charge in [0.05, 0.1) is 24.7 Å². The first-order valence-electron chi connectivity index (χ1n) is 8.05. The maximum absolute atomic E-state index is 10.7. The largest absolute Gasteiger partial charge is 0.465 e. The first kappa shape index (κ1) is 14.5. The topological polar surface area (TPSA) is 66.7 Å². The molecule has 2 aromatic rings. The van der Waals surface area contributed by atoms with Gasteiger partial charge < -0.3 is 19.0 Å². The van der Waals surface area contributed by atoms with Gasteiger partial charge in [0.25, 0.3) is 0 Å². The summed E-state index contributed by atoms with van der Waals surface area (Å²) in [7, 11) is 0. The van der Waals surface area contributed by atoms with Gasteiger partial charge in [0.15, 0.2) is 0 Å². The van der Waals surface area contributed by atoms with E-state index in [9.17, 15) is 10.2 Å². The van der Waals surface area contributed by atoms with Crippen molar-refractivity contribution in [2.24, 2.45) is 11.8 Å². The van der Waals surface area contributed by atoms with E-state index in [2.05, 4.69) is 0 Å². The van der Waals surface area contributed by atoms with E-state index in [0.717, 1.165) is 29.1 Å². The van der Waals surface area contributed by atoms with Crippen molar-refractivity contribution in [2.75, 3.05) is 0 Å². The van der Waals surface area contributed by atoms with Crippen LogP contribution in [-0.4, -0.2) is 22.4 Å². The van der Waals surface area contributed by atoms with E-state index in [1.165, 1.54) is 0 Å². The van der Waals surface area contributed by atoms with E-state index in [-0.39, 0.29) is 11.8 Å². The lowest BCUT2D eigenvalue weighted by molar-refractivity contribution is 0.0228. The third-order valence-electron chi connectivity index (χ3n) is 5.00. The monoisotopic (exact) mass is 312 g/mol. The maximum Gasteiger partial charge on any atom is 0.126 e. The molecule has 2 N–H and O–H groups in total. The van der Waals surface area contributed by atoms with Crippen molar-refractivity contribution in [1.29, 1.82) is 0 Å². The predicted octanol–water partition coefficient (Wildman–Crippen LogP) is 3.49. The van der Waals surface area contributed by atoms with Crippen LogP contribution in [0.25, 0.3) is 12.2 Å². The summed E-state index contributed by atoms with van der Waals surface area (Å²) in [6.45, 7) is 0. The van der Waals surface area contributed by atoms with Gasteiger partial charge in [-0.05, 0) is 78.7 Å². The molecule has 4 atom stereocenters. The summed E-state index contributed by atoms with van der Waals surface area (Å²) in [6, 6.07) is 7.43. The Morgan fingerprint density at radius 3 is 1.70 bits per heavy atom. The molecule has 2 heterocycles. The molecule has 4 nitrogen and oxygen atoms in total. The van der Waals surface area contributed by atoms with Crippen molar-refractivity contribution >= 4 is 12.2 Å². The van der Waals surface area contributed by atoms with Gasteiger partial charge in [-0.15, -0.1) is 0 Å². The Kier molecular flexibility index (Phi) is 3.71. The fraction of sp³-hybridized carbons (Fsp3) is 0.368. The number of rotatable bonds is 2. The number of aliphatic hydroxyl groups is 2. The lowest BCUT2D eigenvalue weighted by atomic mass is 9.65. The highest BCUT2D eigenvalue weighted by molar-refractivity contribution is 5.52. The Morgan fingerprint density at radius 1 is 0.826 bits per heavy atom. The van der Waals surface area contributed by atoms with Gasteiger partial charge in [0, 0.05) is 0 Å². The molecule has 0 radical (unpaired) electrons. The van der Waals surface area contributed by atoms with Crippen LogP contribution < -0.4 is 0 Å². The van der Waals surface area contributed by atoms with Crippen molar-refractivity contribution in [3.05, 3.63) is 59.5 Å². The van der Waals surface area contributed by atoms with Crippen molar-refractivity contribution < 1.29 is 19.0 Å². The van der Waals surface area contributed by atoms with Gasteiger partial charge in [0.2, 0.25) is 0 Å². The molecule has 0 aromatic carbocycles. The van der Waals surface area contributed by atoms with E-state index in [4.69, 9.17) is 8.83 Å². The minimum absolute atomic E-state index is 0.138. The molecule has 0 aliphatic heterocycles. The molecule has 23 heavy (non-hydrogen) atoms. The Balaban J connectivity index is 1.60. The molecule has 2 aromatic heterocycles. The second-order valence-corrected chi connectivity index (χ2v) is 6.52. The molecular formula is C19H20O4. The molecule has 0 spiro atoms. The van der Waals surface area contributed by atoms with Gasteiger partial charge in [-0.3, -0.25) is 0 Å². The summed E-state index contributed by atoms with van der Waals surface area (Å²) in [6.07, 6.45) is 8.35. The minimum Gasteiger partial charge on any atom is -0.465 e. The highest BCUT2D eigenvalue weighted by Gasteiger charge is 2.42. The zero-order valence-corrected chi connectivity index (χ0v) is 12.8. The van der Waals surface area contributed by atoms with Crippen LogP contribution in [0.4, 0.5) is 0 Å². The molecule has 2 fully saturated rings. The molecule has 0 saturated heterocycles. The van der Waals surface area contributed by atoms with Crippen molar-refractivity contribution in [3.63, 3.8) is 0 Å². The third kappa shape index (κ3) is 2.80. The second-order valence-electron chi connectivity index (χ2n) is 6.52. The zero-order chi connectivity index (χ0) is 15.8. The molecule has 120 valence electrons. The fourth-order valence-corrected chi connectivity index (χ4v) is 3.89. The van der Waals surface area contributed by atoms with Gasteiger partial charge in [-0.1, -0.05) is 0 Å². The lowest BCUT2D eigenvalue weighted by Gasteiger charge is -2.43. The first-order chi connectivity index (χ1) is 11.2. The smallest absolute Gasteiger partial charge is 0.126 e. The summed E-state index contributed by atoms with van der Waals surface area (Å²) < 4.78 is 10.7. The van der Waals surface area contributed by atoms with E-state index in [0.29, 0.717) is 12.8 Å². The molecule has 4 rings (SSSR count). The standard InChI is InChI=1S/C19H20O4/c20-18-13-7-12(8-14(18)10-16-3-1-5-22-16)19(21)15(9-13)11-17-4-2-6-23-17/h1-6,10-13,18-21H,7-9H2. The average Bonchev–Trinajstić information content (AvgIpc) is 3.22. The predicted molar refractivity (Wildman–Crippen MR) is 86.2 cm³/mol. The van der Waals surface area contributed by atoms with Crippen LogP contribution in [0.2, 0.25) is 0 Å². The SMILES string of the molecule is OC1C(=Cc2ccco2)CC2CC1CC(=Cc1ccco1)C2O. The van der Waals surface area contributed by atoms with E-state index < -0.39 is 12.2 Å². The molecule has 0 amide bonds. The minimum atomic E-state index is -0.483. The van der Waals surface area contributed by atoms with Crippen LogP contribution in [0.1, 0.15) is 30.8 Å². The van der Waals surface area contributed by atoms with E-state index in [1.54, 1.807) is 12.5 Å². The number of hydrogen-bond donors (Lipinski definition) is 2. The zero-order valence-electron chi connectivity index (χ0n) is 12.8. The van der Waals surface area contributed by atoms with Crippen LogP contribution in [0.3, 0.4) is 0 Å². The highest BCUT2D eigenvalue weighted by Crippen LogP contribution is 2.45. The van der Waals surface area contributed by atoms with Crippen molar-refractivity contribution in [1.82, 2.24) is 0 Å². The molecule has 4 unspecified atom stereocenters. The van der Waals surface area contributed by atoms with Crippen molar-refractivity contribution in [2.45, 2.75) is 31.5 Å². The molecule has 2 saturated carbocycles. The average molecular weight is 312 g/mol. The molecular weight excluding hydrogens is 292 g/mol. The van der Waals surface area contributed by atoms with Gasteiger partial charge in [-0.2, -0.15) is 0 Å². The van der Waals surface area contributed by atoms with Crippen LogP contribution in [0.5, 0.6) is 0 Å². The van der Waals surface area contributed by atoms with Crippen molar-refractivity contribution in [3.8, 4) is 0 Å². The summed E-state index contributed by atoms with van der Waals surface area (Å²) in [5.74, 6) is 1.78. The van der Waals surface area contributed by atoms with Gasteiger partial charge in [-0.25, -0.2) is 0 Å². The molecule has 2 bridgehead atoms. The van der Waals surface area contributed by atoms with Crippen LogP contribution >= 0.6 is 0 Å². The molecule has 4 heteroatoms. The lowest BCUT2D eigenvalue weighted by Crippen LogP contribution is -2.42. The number of fused-ring (bicyclic) bond motifs is 2. The summed E-state index contributed by atoms with van der Waals surface area (Å²) >= 11 is 0. The summed E-state index contributed by atoms with van der Waals surface area (Å²) in [5, 5.41) is 21.3. The Labute approximate surface area is 134 Å². The van der Waals surface area contributed by atoms with Gasteiger partial charge >= 0.3 is 0 Å². The Hall–Kier alpha value is -2.04. The normalized spacial score (nSPS) is 34.2. The fourth-order valence-electron chi connectivity index (χ4n) is 3.89. The highest BCUT2D eigenvalue weighted by atomic mass is 16.3. The van der Waals surface area contributed by atoms with Crippen LogP contribution in [0, 0.1) is 11.8 Å². The van der Waals surface area contributed by atoms with E-state index in [1.807, 2.05) is 36.4 Å². The number of aliphatic hydroxyl groups excluding tert-OH is 2. The van der Waals surface area contributed by atoms with Gasteiger partial charge in [0.1, 0.15) is 11.5 Å². The number of furan rings is 2. The number of hydrogen-bond acceptors (Lipinski definition) is 4. The maximum atomic E-state index is 10.7. The molecule has 2 aliphatic carbocycles. The summed E-state index contributed by atoms with van der Waals surface area (Å²) in [4.78, 5) is 0.